The van der Waals surface area contributed by atoms with Gasteiger partial charge in [-0.1, -0.05) is 15.9 Å². The summed E-state index contributed by atoms with van der Waals surface area (Å²) < 4.78 is 1.01. The summed E-state index contributed by atoms with van der Waals surface area (Å²) >= 11 is 3.45. The van der Waals surface area contributed by atoms with Gasteiger partial charge in [-0.15, -0.1) is 10.2 Å². The van der Waals surface area contributed by atoms with Gasteiger partial charge in [-0.2, -0.15) is 0 Å². The number of benzene rings is 1. The molecular formula is C22H22BrN5O. The van der Waals surface area contributed by atoms with E-state index in [1.807, 2.05) is 49.4 Å². The van der Waals surface area contributed by atoms with Crippen LogP contribution >= 0.6 is 15.9 Å². The van der Waals surface area contributed by atoms with Crippen molar-refractivity contribution in [3.63, 3.8) is 0 Å². The van der Waals surface area contributed by atoms with E-state index in [1.165, 1.54) is 0 Å². The fourth-order valence-electron chi connectivity index (χ4n) is 3.54. The number of pyridine rings is 1. The summed E-state index contributed by atoms with van der Waals surface area (Å²) in [6.45, 7) is 3.58. The third-order valence-electron chi connectivity index (χ3n) is 5.24. The molecule has 1 aliphatic heterocycles. The maximum Gasteiger partial charge on any atom is 0.227 e. The van der Waals surface area contributed by atoms with Crippen molar-refractivity contribution in [2.45, 2.75) is 19.8 Å². The zero-order chi connectivity index (χ0) is 20.2. The first kappa shape index (κ1) is 19.5. The second kappa shape index (κ2) is 8.69. The molecule has 6 nitrogen and oxygen atoms in total. The summed E-state index contributed by atoms with van der Waals surface area (Å²) in [6, 6.07) is 13.7. The van der Waals surface area contributed by atoms with Crippen LogP contribution in [0.5, 0.6) is 0 Å². The van der Waals surface area contributed by atoms with Gasteiger partial charge >= 0.3 is 0 Å². The van der Waals surface area contributed by atoms with Crippen molar-refractivity contribution in [3.05, 3.63) is 64.9 Å². The monoisotopic (exact) mass is 451 g/mol. The van der Waals surface area contributed by atoms with E-state index in [9.17, 15) is 4.79 Å². The molecule has 7 heteroatoms. The number of halogens is 1. The van der Waals surface area contributed by atoms with Crippen LogP contribution in [0.15, 0.2) is 59.3 Å². The topological polar surface area (TPSA) is 71.0 Å². The van der Waals surface area contributed by atoms with Crippen LogP contribution in [-0.4, -0.2) is 34.2 Å². The van der Waals surface area contributed by atoms with Gasteiger partial charge in [0.2, 0.25) is 5.91 Å². The van der Waals surface area contributed by atoms with Gasteiger partial charge < -0.3 is 10.2 Å². The Hall–Kier alpha value is -2.80. The van der Waals surface area contributed by atoms with E-state index >= 15 is 0 Å². The average molecular weight is 452 g/mol. The van der Waals surface area contributed by atoms with Crippen molar-refractivity contribution < 1.29 is 4.79 Å². The van der Waals surface area contributed by atoms with Gasteiger partial charge in [0.25, 0.3) is 0 Å². The van der Waals surface area contributed by atoms with Gasteiger partial charge in [-0.25, -0.2) is 0 Å². The fourth-order valence-corrected chi connectivity index (χ4v) is 4.01. The van der Waals surface area contributed by atoms with Crippen molar-refractivity contribution in [2.75, 3.05) is 23.3 Å². The minimum absolute atomic E-state index is 0.0110. The van der Waals surface area contributed by atoms with E-state index in [4.69, 9.17) is 0 Å². The molecule has 0 bridgehead atoms. The molecule has 148 valence electrons. The van der Waals surface area contributed by atoms with Crippen molar-refractivity contribution in [3.8, 4) is 11.3 Å². The number of anilines is 2. The normalized spacial score (nSPS) is 14.6. The Kier molecular flexibility index (Phi) is 5.85. The number of rotatable bonds is 4. The molecule has 3 aromatic rings. The molecule has 1 fully saturated rings. The third-order valence-corrected chi connectivity index (χ3v) is 5.74. The summed E-state index contributed by atoms with van der Waals surface area (Å²) in [6.07, 6.45) is 5.12. The van der Waals surface area contributed by atoms with Crippen LogP contribution in [0.4, 0.5) is 11.5 Å². The molecule has 1 amide bonds. The number of nitrogens with zero attached hydrogens (tertiary/aromatic N) is 4. The molecule has 1 aromatic carbocycles. The van der Waals surface area contributed by atoms with Crippen LogP contribution in [0.3, 0.4) is 0 Å². The van der Waals surface area contributed by atoms with Gasteiger partial charge in [-0.05, 0) is 67.8 Å². The van der Waals surface area contributed by atoms with E-state index < -0.39 is 0 Å². The fraction of sp³-hybridized carbons (Fsp3) is 0.273. The second-order valence-corrected chi connectivity index (χ2v) is 8.14. The van der Waals surface area contributed by atoms with Gasteiger partial charge in [0.1, 0.15) is 0 Å². The molecule has 0 unspecified atom stereocenters. The Morgan fingerprint density at radius 3 is 2.62 bits per heavy atom. The number of hydrogen-bond acceptors (Lipinski definition) is 5. The lowest BCUT2D eigenvalue weighted by Crippen LogP contribution is -2.38. The molecule has 0 aliphatic carbocycles. The number of nitrogens with one attached hydrogen (secondary N) is 1. The molecule has 0 spiro atoms. The van der Waals surface area contributed by atoms with Crippen LogP contribution in [0.2, 0.25) is 0 Å². The van der Waals surface area contributed by atoms with E-state index in [0.717, 1.165) is 58.7 Å². The molecule has 3 heterocycles. The predicted octanol–water partition coefficient (Wildman–Crippen LogP) is 4.46. The zero-order valence-corrected chi connectivity index (χ0v) is 17.8. The maximum absolute atomic E-state index is 12.7. The highest BCUT2D eigenvalue weighted by atomic mass is 79.9. The lowest BCUT2D eigenvalue weighted by Gasteiger charge is -2.32. The van der Waals surface area contributed by atoms with Gasteiger partial charge in [0, 0.05) is 47.1 Å². The molecule has 0 atom stereocenters. The Morgan fingerprint density at radius 1 is 1.14 bits per heavy atom. The lowest BCUT2D eigenvalue weighted by molar-refractivity contribution is -0.120. The van der Waals surface area contributed by atoms with E-state index in [2.05, 4.69) is 41.3 Å². The average Bonchev–Trinajstić information content (AvgIpc) is 2.76. The van der Waals surface area contributed by atoms with Gasteiger partial charge in [0.05, 0.1) is 5.69 Å². The Labute approximate surface area is 178 Å². The van der Waals surface area contributed by atoms with Crippen LogP contribution < -0.4 is 10.2 Å². The van der Waals surface area contributed by atoms with Crippen molar-refractivity contribution in [2.24, 2.45) is 5.92 Å². The number of hydrogen-bond donors (Lipinski definition) is 1. The molecule has 1 saturated heterocycles. The first-order valence-corrected chi connectivity index (χ1v) is 10.5. The van der Waals surface area contributed by atoms with Crippen molar-refractivity contribution in [1.29, 1.82) is 0 Å². The number of carbonyl (C=O) groups excluding carboxylic acids is 1. The molecule has 29 heavy (non-hydrogen) atoms. The first-order valence-electron chi connectivity index (χ1n) is 9.66. The quantitative estimate of drug-likeness (QED) is 0.633. The maximum atomic E-state index is 12.7. The highest BCUT2D eigenvalue weighted by molar-refractivity contribution is 9.10. The van der Waals surface area contributed by atoms with E-state index in [-0.39, 0.29) is 11.8 Å². The largest absolute Gasteiger partial charge is 0.355 e. The minimum atomic E-state index is 0.0110. The van der Waals surface area contributed by atoms with Gasteiger partial charge in [0.15, 0.2) is 5.82 Å². The standard InChI is InChI=1S/C22H22BrN5O/c1-15-13-18(23)4-5-19(15)25-22(29)16-8-11-28(12-9-16)21-7-6-20(26-27-21)17-3-2-10-24-14-17/h2-7,10,13-14,16H,8-9,11-12H2,1H3,(H,25,29). The molecular weight excluding hydrogens is 430 g/mol. The van der Waals surface area contributed by atoms with Crippen LogP contribution in [0.25, 0.3) is 11.3 Å². The highest BCUT2D eigenvalue weighted by Gasteiger charge is 2.26. The van der Waals surface area contributed by atoms with Crippen molar-refractivity contribution in [1.82, 2.24) is 15.2 Å². The third kappa shape index (κ3) is 4.62. The zero-order valence-electron chi connectivity index (χ0n) is 16.2. The smallest absolute Gasteiger partial charge is 0.227 e. The Balaban J connectivity index is 1.35. The SMILES string of the molecule is Cc1cc(Br)ccc1NC(=O)C1CCN(c2ccc(-c3cccnc3)nn2)CC1. The number of carbonyl (C=O) groups is 1. The molecule has 2 aromatic heterocycles. The number of aryl methyl sites for hydroxylation is 1. The van der Waals surface area contributed by atoms with E-state index in [0.29, 0.717) is 0 Å². The number of piperidine rings is 1. The van der Waals surface area contributed by atoms with Crippen LogP contribution in [-0.2, 0) is 4.79 Å². The molecule has 0 radical (unpaired) electrons. The lowest BCUT2D eigenvalue weighted by atomic mass is 9.95. The summed E-state index contributed by atoms with van der Waals surface area (Å²) in [5.74, 6) is 0.949. The first-order chi connectivity index (χ1) is 14.1. The predicted molar refractivity (Wildman–Crippen MR) is 118 cm³/mol. The summed E-state index contributed by atoms with van der Waals surface area (Å²) in [7, 11) is 0. The van der Waals surface area contributed by atoms with E-state index in [1.54, 1.807) is 12.4 Å². The molecule has 4 rings (SSSR count). The summed E-state index contributed by atoms with van der Waals surface area (Å²) in [4.78, 5) is 19.0. The summed E-state index contributed by atoms with van der Waals surface area (Å²) in [5.41, 5.74) is 3.68. The van der Waals surface area contributed by atoms with Crippen LogP contribution in [0.1, 0.15) is 18.4 Å². The Bertz CT molecular complexity index is 986. The number of amides is 1. The molecule has 1 aliphatic rings. The van der Waals surface area contributed by atoms with Crippen LogP contribution in [0, 0.1) is 12.8 Å². The Morgan fingerprint density at radius 2 is 1.97 bits per heavy atom. The summed E-state index contributed by atoms with van der Waals surface area (Å²) in [5, 5.41) is 11.8. The second-order valence-electron chi connectivity index (χ2n) is 7.23. The van der Waals surface area contributed by atoms with Gasteiger partial charge in [-0.3, -0.25) is 9.78 Å². The minimum Gasteiger partial charge on any atom is -0.355 e. The van der Waals surface area contributed by atoms with Crippen molar-refractivity contribution >= 4 is 33.3 Å². The number of aromatic nitrogens is 3. The molecule has 1 N–H and O–H groups in total. The highest BCUT2D eigenvalue weighted by Crippen LogP contribution is 2.26. The molecule has 0 saturated carbocycles.